The molecule has 190 valence electrons. The summed E-state index contributed by atoms with van der Waals surface area (Å²) in [5.74, 6) is -1.09. The molecule has 1 atom stereocenters. The Morgan fingerprint density at radius 2 is 1.65 bits per heavy atom. The van der Waals surface area contributed by atoms with Gasteiger partial charge in [0.1, 0.15) is 0 Å². The molecule has 0 aromatic heterocycles. The van der Waals surface area contributed by atoms with Crippen molar-refractivity contribution in [1.29, 1.82) is 0 Å². The third-order valence-corrected chi connectivity index (χ3v) is 8.35. The molecule has 2 aliphatic rings. The van der Waals surface area contributed by atoms with Crippen molar-refractivity contribution in [3.63, 3.8) is 0 Å². The number of piperazine rings is 1. The van der Waals surface area contributed by atoms with Gasteiger partial charge >= 0.3 is 0 Å². The second-order valence-corrected chi connectivity index (χ2v) is 10.9. The summed E-state index contributed by atoms with van der Waals surface area (Å²) in [4.78, 5) is 33.0. The van der Waals surface area contributed by atoms with E-state index in [0.29, 0.717) is 37.6 Å². The number of hydrogen-bond acceptors (Lipinski definition) is 6. The molecule has 1 fully saturated rings. The number of likely N-dealkylation sites (N-methyl/N-ethyl adjacent to an activating group) is 1. The molecule has 0 bridgehead atoms. The topological polar surface area (TPSA) is 111 Å². The molecule has 3 aromatic rings. The van der Waals surface area contributed by atoms with Gasteiger partial charge in [-0.25, -0.2) is 13.4 Å². The van der Waals surface area contributed by atoms with E-state index < -0.39 is 28.0 Å². The van der Waals surface area contributed by atoms with Crippen LogP contribution < -0.4 is 10.6 Å². The predicted molar refractivity (Wildman–Crippen MR) is 141 cm³/mol. The van der Waals surface area contributed by atoms with Crippen molar-refractivity contribution in [2.75, 3.05) is 38.5 Å². The number of benzene rings is 3. The first kappa shape index (κ1) is 24.8. The van der Waals surface area contributed by atoms with E-state index in [-0.39, 0.29) is 10.5 Å². The number of para-hydroxylation sites is 1. The Labute approximate surface area is 215 Å². The van der Waals surface area contributed by atoms with Crippen LogP contribution in [-0.4, -0.2) is 74.5 Å². The zero-order chi connectivity index (χ0) is 26.0. The summed E-state index contributed by atoms with van der Waals surface area (Å²) in [5, 5.41) is 5.51. The number of anilines is 1. The number of nitrogens with zero attached hydrogens (tertiary/aromatic N) is 3. The molecule has 0 aliphatic carbocycles. The van der Waals surface area contributed by atoms with Crippen LogP contribution in [0.15, 0.2) is 88.8 Å². The number of sulfonamides is 1. The maximum Gasteiger partial charge on any atom is 0.269 e. The van der Waals surface area contributed by atoms with E-state index in [1.165, 1.54) is 28.6 Å². The second-order valence-electron chi connectivity index (χ2n) is 8.99. The van der Waals surface area contributed by atoms with Crippen LogP contribution in [0.5, 0.6) is 0 Å². The fourth-order valence-electron chi connectivity index (χ4n) is 4.36. The highest BCUT2D eigenvalue weighted by Crippen LogP contribution is 2.24. The van der Waals surface area contributed by atoms with E-state index in [1.807, 2.05) is 55.6 Å². The Kier molecular flexibility index (Phi) is 6.88. The van der Waals surface area contributed by atoms with Crippen molar-refractivity contribution in [1.82, 2.24) is 14.5 Å². The number of carbonyl (C=O) groups is 2. The zero-order valence-electron chi connectivity index (χ0n) is 20.3. The van der Waals surface area contributed by atoms with Crippen molar-refractivity contribution in [3.8, 4) is 0 Å². The van der Waals surface area contributed by atoms with Crippen LogP contribution in [0.25, 0.3) is 0 Å². The molecule has 0 spiro atoms. The standard InChI is InChI=1S/C27H27N5O4S/c1-31-14-16-32(17-15-31)37(35,36)21-11-7-10-20(18-21)26(33)30-25-27(34)28-23-13-6-5-12-22(23)24(29-25)19-8-3-2-4-9-19/h2-13,18,25H,14-17H2,1H3,(H,28,34)(H,30,33). The first-order valence-electron chi connectivity index (χ1n) is 12.0. The summed E-state index contributed by atoms with van der Waals surface area (Å²) in [6.07, 6.45) is -1.21. The van der Waals surface area contributed by atoms with Crippen molar-refractivity contribution in [2.24, 2.45) is 4.99 Å². The van der Waals surface area contributed by atoms with Gasteiger partial charge < -0.3 is 15.5 Å². The van der Waals surface area contributed by atoms with Crippen LogP contribution in [0.2, 0.25) is 0 Å². The molecule has 5 rings (SSSR count). The first-order valence-corrected chi connectivity index (χ1v) is 13.4. The maximum absolute atomic E-state index is 13.2. The minimum absolute atomic E-state index is 0.0379. The highest BCUT2D eigenvalue weighted by atomic mass is 32.2. The summed E-state index contributed by atoms with van der Waals surface area (Å²) in [6.45, 7) is 2.05. The Hall–Kier alpha value is -3.86. The lowest BCUT2D eigenvalue weighted by Crippen LogP contribution is -2.47. The third kappa shape index (κ3) is 5.17. The molecular formula is C27H27N5O4S. The molecular weight excluding hydrogens is 490 g/mol. The smallest absolute Gasteiger partial charge is 0.269 e. The van der Waals surface area contributed by atoms with Crippen LogP contribution in [0.4, 0.5) is 5.69 Å². The molecule has 37 heavy (non-hydrogen) atoms. The molecule has 1 saturated heterocycles. The Morgan fingerprint density at radius 1 is 0.946 bits per heavy atom. The van der Waals surface area contributed by atoms with Gasteiger partial charge in [0.15, 0.2) is 0 Å². The SMILES string of the molecule is CN1CCN(S(=O)(=O)c2cccc(C(=O)NC3N=C(c4ccccc4)c4ccccc4NC3=O)c2)CC1. The fraction of sp³-hybridized carbons (Fsp3) is 0.222. The summed E-state index contributed by atoms with van der Waals surface area (Å²) < 4.78 is 27.8. The van der Waals surface area contributed by atoms with E-state index >= 15 is 0 Å². The van der Waals surface area contributed by atoms with Crippen LogP contribution in [0.1, 0.15) is 21.5 Å². The molecule has 2 N–H and O–H groups in total. The van der Waals surface area contributed by atoms with Gasteiger partial charge in [0.2, 0.25) is 16.2 Å². The van der Waals surface area contributed by atoms with Gasteiger partial charge in [-0.15, -0.1) is 0 Å². The summed E-state index contributed by atoms with van der Waals surface area (Å²) in [5.41, 5.74) is 2.81. The average molecular weight is 518 g/mol. The predicted octanol–water partition coefficient (Wildman–Crippen LogP) is 2.17. The lowest BCUT2D eigenvalue weighted by Gasteiger charge is -2.31. The van der Waals surface area contributed by atoms with E-state index in [1.54, 1.807) is 6.07 Å². The van der Waals surface area contributed by atoms with Gasteiger partial charge in [0.05, 0.1) is 16.3 Å². The molecule has 3 aromatic carbocycles. The van der Waals surface area contributed by atoms with E-state index in [4.69, 9.17) is 0 Å². The molecule has 0 saturated carbocycles. The van der Waals surface area contributed by atoms with Gasteiger partial charge in [-0.3, -0.25) is 9.59 Å². The largest absolute Gasteiger partial charge is 0.322 e. The van der Waals surface area contributed by atoms with Crippen LogP contribution >= 0.6 is 0 Å². The molecule has 2 heterocycles. The Balaban J connectivity index is 1.43. The molecule has 2 amide bonds. The van der Waals surface area contributed by atoms with Crippen LogP contribution in [0.3, 0.4) is 0 Å². The average Bonchev–Trinajstić information content (AvgIpc) is 3.05. The summed E-state index contributed by atoms with van der Waals surface area (Å²) in [7, 11) is -1.81. The van der Waals surface area contributed by atoms with Crippen molar-refractivity contribution in [3.05, 3.63) is 95.6 Å². The van der Waals surface area contributed by atoms with Gasteiger partial charge in [-0.05, 0) is 31.3 Å². The monoisotopic (exact) mass is 517 g/mol. The molecule has 1 unspecified atom stereocenters. The second kappa shape index (κ2) is 10.3. The molecule has 9 nitrogen and oxygen atoms in total. The quantitative estimate of drug-likeness (QED) is 0.539. The van der Waals surface area contributed by atoms with E-state index in [9.17, 15) is 18.0 Å². The van der Waals surface area contributed by atoms with Gasteiger partial charge in [0, 0.05) is 42.9 Å². The first-order chi connectivity index (χ1) is 17.8. The normalized spacial score (nSPS) is 18.8. The van der Waals surface area contributed by atoms with Gasteiger partial charge in [-0.2, -0.15) is 4.31 Å². The zero-order valence-corrected chi connectivity index (χ0v) is 21.1. The summed E-state index contributed by atoms with van der Waals surface area (Å²) in [6, 6.07) is 22.6. The van der Waals surface area contributed by atoms with Crippen LogP contribution in [0, 0.1) is 0 Å². The number of amides is 2. The van der Waals surface area contributed by atoms with E-state index in [0.717, 1.165) is 11.1 Å². The molecule has 0 radical (unpaired) electrons. The number of benzodiazepines with no additional fused rings is 1. The lowest BCUT2D eigenvalue weighted by atomic mass is 10.0. The highest BCUT2D eigenvalue weighted by Gasteiger charge is 2.30. The van der Waals surface area contributed by atoms with Gasteiger partial charge in [-0.1, -0.05) is 54.6 Å². The number of fused-ring (bicyclic) bond motifs is 1. The number of hydrogen-bond donors (Lipinski definition) is 2. The third-order valence-electron chi connectivity index (χ3n) is 6.46. The van der Waals surface area contributed by atoms with Crippen LogP contribution in [-0.2, 0) is 14.8 Å². The number of carbonyl (C=O) groups excluding carboxylic acids is 2. The minimum Gasteiger partial charge on any atom is -0.322 e. The fourth-order valence-corrected chi connectivity index (χ4v) is 5.83. The Bertz CT molecular complexity index is 1460. The lowest BCUT2D eigenvalue weighted by molar-refractivity contribution is -0.117. The summed E-state index contributed by atoms with van der Waals surface area (Å²) >= 11 is 0. The number of aliphatic imine (C=N–C) groups is 1. The van der Waals surface area contributed by atoms with E-state index in [2.05, 4.69) is 20.5 Å². The van der Waals surface area contributed by atoms with Gasteiger partial charge in [0.25, 0.3) is 11.8 Å². The number of nitrogens with one attached hydrogen (secondary N) is 2. The Morgan fingerprint density at radius 3 is 2.41 bits per heavy atom. The number of rotatable bonds is 5. The molecule has 2 aliphatic heterocycles. The molecule has 10 heteroatoms. The highest BCUT2D eigenvalue weighted by molar-refractivity contribution is 7.89. The minimum atomic E-state index is -3.75. The van der Waals surface area contributed by atoms with Crippen molar-refractivity contribution < 1.29 is 18.0 Å². The van der Waals surface area contributed by atoms with Crippen molar-refractivity contribution >= 4 is 33.2 Å². The maximum atomic E-state index is 13.2. The van der Waals surface area contributed by atoms with Crippen molar-refractivity contribution in [2.45, 2.75) is 11.1 Å².